The average Bonchev–Trinajstić information content (AvgIpc) is 2.82. The van der Waals surface area contributed by atoms with E-state index in [1.807, 2.05) is 11.8 Å². The van der Waals surface area contributed by atoms with E-state index in [2.05, 4.69) is 0 Å². The number of rotatable bonds is 3. The van der Waals surface area contributed by atoms with Crippen molar-refractivity contribution >= 4 is 18.0 Å². The second-order valence-electron chi connectivity index (χ2n) is 3.81. The Morgan fingerprint density at radius 3 is 2.67 bits per heavy atom. The molecule has 2 atom stereocenters. The Hall–Kier alpha value is -0.830. The quantitative estimate of drug-likeness (QED) is 0.733. The van der Waals surface area contributed by atoms with Crippen molar-refractivity contribution in [2.75, 3.05) is 11.5 Å². The SMILES string of the molecule is O=Cc1ccc(C(F)C2CCSC2)cc1. The van der Waals surface area contributed by atoms with Gasteiger partial charge in [0.25, 0.3) is 0 Å². The summed E-state index contributed by atoms with van der Waals surface area (Å²) in [7, 11) is 0. The van der Waals surface area contributed by atoms with Gasteiger partial charge in [-0.05, 0) is 23.5 Å². The molecule has 0 radical (unpaired) electrons. The standard InChI is InChI=1S/C12H13FOS/c13-12(11-5-6-15-8-11)10-3-1-9(7-14)2-4-10/h1-4,7,11-12H,5-6,8H2. The van der Waals surface area contributed by atoms with Gasteiger partial charge in [-0.15, -0.1) is 0 Å². The fourth-order valence-electron chi connectivity index (χ4n) is 1.81. The highest BCUT2D eigenvalue weighted by Gasteiger charge is 2.26. The highest BCUT2D eigenvalue weighted by molar-refractivity contribution is 7.99. The van der Waals surface area contributed by atoms with Crippen molar-refractivity contribution < 1.29 is 9.18 Å². The molecule has 1 heterocycles. The predicted octanol–water partition coefficient (Wildman–Crippen LogP) is 3.26. The van der Waals surface area contributed by atoms with E-state index in [9.17, 15) is 9.18 Å². The molecule has 1 aliphatic heterocycles. The Kier molecular flexibility index (Phi) is 3.41. The summed E-state index contributed by atoms with van der Waals surface area (Å²) < 4.78 is 14.0. The molecule has 80 valence electrons. The van der Waals surface area contributed by atoms with Crippen LogP contribution in [-0.4, -0.2) is 17.8 Å². The van der Waals surface area contributed by atoms with Gasteiger partial charge >= 0.3 is 0 Å². The molecule has 1 aliphatic rings. The van der Waals surface area contributed by atoms with Crippen molar-refractivity contribution in [1.82, 2.24) is 0 Å². The number of carbonyl (C=O) groups is 1. The number of hydrogen-bond donors (Lipinski definition) is 0. The number of alkyl halides is 1. The highest BCUT2D eigenvalue weighted by Crippen LogP contribution is 2.36. The van der Waals surface area contributed by atoms with Crippen molar-refractivity contribution in [2.24, 2.45) is 5.92 Å². The second kappa shape index (κ2) is 4.79. The Balaban J connectivity index is 2.10. The summed E-state index contributed by atoms with van der Waals surface area (Å²) in [6.45, 7) is 0. The van der Waals surface area contributed by atoms with Crippen LogP contribution in [0.15, 0.2) is 24.3 Å². The molecular formula is C12H13FOS. The molecule has 0 N–H and O–H groups in total. The van der Waals surface area contributed by atoms with Gasteiger partial charge in [-0.2, -0.15) is 11.8 Å². The average molecular weight is 224 g/mol. The topological polar surface area (TPSA) is 17.1 Å². The van der Waals surface area contributed by atoms with Gasteiger partial charge in [0.1, 0.15) is 12.5 Å². The number of halogens is 1. The third-order valence-corrected chi connectivity index (χ3v) is 3.96. The molecule has 0 spiro atoms. The van der Waals surface area contributed by atoms with Gasteiger partial charge in [0.2, 0.25) is 0 Å². The second-order valence-corrected chi connectivity index (χ2v) is 4.96. The van der Waals surface area contributed by atoms with Gasteiger partial charge in [0.15, 0.2) is 0 Å². The molecule has 0 aromatic heterocycles. The summed E-state index contributed by atoms with van der Waals surface area (Å²) in [5.41, 5.74) is 1.31. The first-order valence-electron chi connectivity index (χ1n) is 5.08. The Morgan fingerprint density at radius 1 is 1.40 bits per heavy atom. The van der Waals surface area contributed by atoms with Crippen LogP contribution in [0.25, 0.3) is 0 Å². The summed E-state index contributed by atoms with van der Waals surface area (Å²) in [6.07, 6.45) is 0.865. The van der Waals surface area contributed by atoms with E-state index in [4.69, 9.17) is 0 Å². The zero-order valence-corrected chi connectivity index (χ0v) is 9.17. The van der Waals surface area contributed by atoms with Crippen molar-refractivity contribution in [3.8, 4) is 0 Å². The highest BCUT2D eigenvalue weighted by atomic mass is 32.2. The summed E-state index contributed by atoms with van der Waals surface area (Å²) in [5, 5.41) is 0. The van der Waals surface area contributed by atoms with E-state index < -0.39 is 6.17 Å². The number of aldehydes is 1. The molecule has 2 rings (SSSR count). The molecule has 2 unspecified atom stereocenters. The smallest absolute Gasteiger partial charge is 0.150 e. The maximum atomic E-state index is 14.0. The lowest BCUT2D eigenvalue weighted by Crippen LogP contribution is -2.07. The van der Waals surface area contributed by atoms with E-state index in [0.717, 1.165) is 24.2 Å². The van der Waals surface area contributed by atoms with Gasteiger partial charge in [-0.25, -0.2) is 4.39 Å². The molecule has 1 saturated heterocycles. The third-order valence-electron chi connectivity index (χ3n) is 2.77. The lowest BCUT2D eigenvalue weighted by atomic mass is 9.96. The largest absolute Gasteiger partial charge is 0.298 e. The molecule has 3 heteroatoms. The van der Waals surface area contributed by atoms with Crippen LogP contribution in [0.1, 0.15) is 28.5 Å². The zero-order chi connectivity index (χ0) is 10.7. The van der Waals surface area contributed by atoms with Crippen molar-refractivity contribution in [3.63, 3.8) is 0 Å². The van der Waals surface area contributed by atoms with Gasteiger partial charge in [-0.1, -0.05) is 24.3 Å². The molecule has 15 heavy (non-hydrogen) atoms. The van der Waals surface area contributed by atoms with E-state index in [1.165, 1.54) is 0 Å². The van der Waals surface area contributed by atoms with Crippen LogP contribution in [0.4, 0.5) is 4.39 Å². The van der Waals surface area contributed by atoms with E-state index in [1.54, 1.807) is 24.3 Å². The first kappa shape index (κ1) is 10.7. The van der Waals surface area contributed by atoms with Crippen molar-refractivity contribution in [1.29, 1.82) is 0 Å². The van der Waals surface area contributed by atoms with Crippen molar-refractivity contribution in [2.45, 2.75) is 12.6 Å². The summed E-state index contributed by atoms with van der Waals surface area (Å²) in [5.74, 6) is 2.13. The van der Waals surface area contributed by atoms with Gasteiger partial charge in [-0.3, -0.25) is 4.79 Å². The number of hydrogen-bond acceptors (Lipinski definition) is 2. The minimum atomic E-state index is -0.874. The van der Waals surface area contributed by atoms with Crippen LogP contribution >= 0.6 is 11.8 Å². The van der Waals surface area contributed by atoms with E-state index in [-0.39, 0.29) is 5.92 Å². The fourth-order valence-corrected chi connectivity index (χ4v) is 3.09. The zero-order valence-electron chi connectivity index (χ0n) is 8.36. The minimum absolute atomic E-state index is 0.150. The Morgan fingerprint density at radius 2 is 2.13 bits per heavy atom. The minimum Gasteiger partial charge on any atom is -0.298 e. The molecule has 1 nitrogen and oxygen atoms in total. The van der Waals surface area contributed by atoms with Crippen LogP contribution in [0.2, 0.25) is 0 Å². The lowest BCUT2D eigenvalue weighted by Gasteiger charge is -2.14. The van der Waals surface area contributed by atoms with Crippen molar-refractivity contribution in [3.05, 3.63) is 35.4 Å². The van der Waals surface area contributed by atoms with Gasteiger partial charge in [0, 0.05) is 11.5 Å². The Bertz CT molecular complexity index is 330. The van der Waals surface area contributed by atoms with Gasteiger partial charge < -0.3 is 0 Å². The molecule has 0 saturated carbocycles. The molecule has 1 aromatic rings. The third kappa shape index (κ3) is 2.40. The Labute approximate surface area is 93.1 Å². The molecule has 1 aromatic carbocycles. The summed E-state index contributed by atoms with van der Waals surface area (Å²) in [6, 6.07) is 6.79. The fraction of sp³-hybridized carbons (Fsp3) is 0.417. The van der Waals surface area contributed by atoms with Gasteiger partial charge in [0.05, 0.1) is 0 Å². The summed E-state index contributed by atoms with van der Waals surface area (Å²) in [4.78, 5) is 10.4. The number of benzene rings is 1. The van der Waals surface area contributed by atoms with Crippen LogP contribution in [-0.2, 0) is 0 Å². The maximum absolute atomic E-state index is 14.0. The monoisotopic (exact) mass is 224 g/mol. The lowest BCUT2D eigenvalue weighted by molar-refractivity contribution is 0.112. The number of thioether (sulfide) groups is 1. The van der Waals surface area contributed by atoms with Crippen LogP contribution in [0, 0.1) is 5.92 Å². The predicted molar refractivity (Wildman–Crippen MR) is 61.1 cm³/mol. The molecule has 1 fully saturated rings. The molecular weight excluding hydrogens is 211 g/mol. The molecule has 0 aliphatic carbocycles. The van der Waals surface area contributed by atoms with E-state index >= 15 is 0 Å². The molecule has 0 bridgehead atoms. The first-order valence-corrected chi connectivity index (χ1v) is 6.23. The van der Waals surface area contributed by atoms with Crippen LogP contribution in [0.3, 0.4) is 0 Å². The molecule has 0 amide bonds. The van der Waals surface area contributed by atoms with Crippen LogP contribution in [0.5, 0.6) is 0 Å². The number of carbonyl (C=O) groups excluding carboxylic acids is 1. The van der Waals surface area contributed by atoms with Crippen LogP contribution < -0.4 is 0 Å². The normalized spacial score (nSPS) is 22.6. The first-order chi connectivity index (χ1) is 7.31. The van der Waals surface area contributed by atoms with E-state index in [0.29, 0.717) is 11.1 Å². The summed E-state index contributed by atoms with van der Waals surface area (Å²) >= 11 is 1.82. The maximum Gasteiger partial charge on any atom is 0.150 e.